The zero-order valence-electron chi connectivity index (χ0n) is 14.4. The van der Waals surface area contributed by atoms with Crippen molar-refractivity contribution in [3.63, 3.8) is 0 Å². The molecule has 2 aromatic heterocycles. The van der Waals surface area contributed by atoms with E-state index in [1.54, 1.807) is 38.9 Å². The summed E-state index contributed by atoms with van der Waals surface area (Å²) in [6.07, 6.45) is 5.13. The highest BCUT2D eigenvalue weighted by Crippen LogP contribution is 2.23. The third-order valence-corrected chi connectivity index (χ3v) is 4.26. The van der Waals surface area contributed by atoms with Crippen molar-refractivity contribution in [2.45, 2.75) is 19.5 Å². The highest BCUT2D eigenvalue weighted by Gasteiger charge is 2.33. The monoisotopic (exact) mass is 353 g/mol. The van der Waals surface area contributed by atoms with Crippen LogP contribution in [0.1, 0.15) is 29.0 Å². The van der Waals surface area contributed by atoms with Gasteiger partial charge in [-0.2, -0.15) is 15.0 Å². The fourth-order valence-electron chi connectivity index (χ4n) is 2.87. The van der Waals surface area contributed by atoms with E-state index in [0.717, 1.165) is 11.4 Å². The first-order chi connectivity index (χ1) is 12.7. The van der Waals surface area contributed by atoms with Crippen molar-refractivity contribution in [3.8, 4) is 5.75 Å². The summed E-state index contributed by atoms with van der Waals surface area (Å²) < 4.78 is 7.21. The maximum Gasteiger partial charge on any atom is 0.254 e. The first-order valence-electron chi connectivity index (χ1n) is 8.50. The Kier molecular flexibility index (Phi) is 4.34. The van der Waals surface area contributed by atoms with Crippen molar-refractivity contribution in [3.05, 3.63) is 54.1 Å². The molecule has 1 aliphatic rings. The third kappa shape index (κ3) is 3.28. The summed E-state index contributed by atoms with van der Waals surface area (Å²) in [4.78, 5) is 15.9. The first-order valence-corrected chi connectivity index (χ1v) is 8.50. The zero-order chi connectivity index (χ0) is 17.9. The van der Waals surface area contributed by atoms with E-state index in [4.69, 9.17) is 4.74 Å². The molecule has 4 rings (SSSR count). The van der Waals surface area contributed by atoms with Gasteiger partial charge in [-0.25, -0.2) is 4.68 Å². The largest absolute Gasteiger partial charge is 0.494 e. The van der Waals surface area contributed by atoms with Crippen LogP contribution in [0.15, 0.2) is 42.9 Å². The van der Waals surface area contributed by atoms with Gasteiger partial charge in [0.05, 0.1) is 31.2 Å². The van der Waals surface area contributed by atoms with Gasteiger partial charge in [-0.3, -0.25) is 4.79 Å². The lowest BCUT2D eigenvalue weighted by Crippen LogP contribution is -2.50. The summed E-state index contributed by atoms with van der Waals surface area (Å²) in [5.41, 5.74) is 1.45. The molecule has 3 aromatic rings. The van der Waals surface area contributed by atoms with E-state index in [2.05, 4.69) is 20.5 Å². The molecule has 1 saturated heterocycles. The molecule has 1 amide bonds. The van der Waals surface area contributed by atoms with Gasteiger partial charge >= 0.3 is 0 Å². The molecule has 0 atom stereocenters. The van der Waals surface area contributed by atoms with E-state index < -0.39 is 0 Å². The number of ether oxygens (including phenoxy) is 1. The molecule has 0 bridgehead atoms. The van der Waals surface area contributed by atoms with Gasteiger partial charge in [-0.05, 0) is 31.2 Å². The average Bonchev–Trinajstić information content (AvgIpc) is 3.27. The third-order valence-electron chi connectivity index (χ3n) is 4.26. The Morgan fingerprint density at radius 3 is 2.62 bits per heavy atom. The summed E-state index contributed by atoms with van der Waals surface area (Å²) in [5, 5.41) is 16.4. The van der Waals surface area contributed by atoms with Crippen LogP contribution in [0.2, 0.25) is 0 Å². The second kappa shape index (κ2) is 6.95. The van der Waals surface area contributed by atoms with E-state index >= 15 is 0 Å². The van der Waals surface area contributed by atoms with Gasteiger partial charge in [0, 0.05) is 18.7 Å². The van der Waals surface area contributed by atoms with E-state index in [0.29, 0.717) is 31.8 Å². The van der Waals surface area contributed by atoms with Crippen LogP contribution in [0.5, 0.6) is 5.75 Å². The smallest absolute Gasteiger partial charge is 0.254 e. The van der Waals surface area contributed by atoms with Gasteiger partial charge in [0.2, 0.25) is 0 Å². The molecule has 9 heteroatoms. The second-order valence-electron chi connectivity index (χ2n) is 6.07. The number of nitrogens with zero attached hydrogens (tertiary/aromatic N) is 7. The minimum atomic E-state index is 0.0189. The highest BCUT2D eigenvalue weighted by atomic mass is 16.5. The fraction of sp³-hybridized carbons (Fsp3) is 0.353. The van der Waals surface area contributed by atoms with E-state index in [1.165, 1.54) is 0 Å². The Morgan fingerprint density at radius 2 is 1.92 bits per heavy atom. The lowest BCUT2D eigenvalue weighted by atomic mass is 10.1. The molecule has 1 aromatic carbocycles. The van der Waals surface area contributed by atoms with Crippen LogP contribution in [0.4, 0.5) is 0 Å². The molecule has 0 radical (unpaired) electrons. The van der Waals surface area contributed by atoms with Crippen molar-refractivity contribution in [1.82, 2.24) is 34.9 Å². The Bertz CT molecular complexity index is 867. The minimum Gasteiger partial charge on any atom is -0.494 e. The van der Waals surface area contributed by atoms with Crippen molar-refractivity contribution in [2.75, 3.05) is 19.7 Å². The molecule has 0 saturated carbocycles. The van der Waals surface area contributed by atoms with Crippen LogP contribution >= 0.6 is 0 Å². The molecule has 0 N–H and O–H groups in total. The lowest BCUT2D eigenvalue weighted by Gasteiger charge is -2.38. The topological polar surface area (TPSA) is 91.0 Å². The normalized spacial score (nSPS) is 14.3. The van der Waals surface area contributed by atoms with Crippen LogP contribution in [-0.2, 0) is 6.54 Å². The molecule has 134 valence electrons. The summed E-state index contributed by atoms with van der Waals surface area (Å²) in [7, 11) is 0. The molecule has 1 aliphatic heterocycles. The van der Waals surface area contributed by atoms with Crippen LogP contribution < -0.4 is 4.74 Å². The summed E-state index contributed by atoms with van der Waals surface area (Å²) in [5.74, 6) is 0.790. The Balaban J connectivity index is 1.33. The number of carbonyl (C=O) groups excluding carboxylic acids is 1. The molecule has 26 heavy (non-hydrogen) atoms. The minimum absolute atomic E-state index is 0.0189. The van der Waals surface area contributed by atoms with Crippen LogP contribution in [0.3, 0.4) is 0 Å². The highest BCUT2D eigenvalue weighted by molar-refractivity contribution is 5.94. The van der Waals surface area contributed by atoms with Gasteiger partial charge < -0.3 is 9.64 Å². The average molecular weight is 353 g/mol. The molecule has 0 spiro atoms. The molecular formula is C17H19N7O2. The Morgan fingerprint density at radius 1 is 1.19 bits per heavy atom. The summed E-state index contributed by atoms with van der Waals surface area (Å²) >= 11 is 0. The standard InChI is InChI=1S/C17H19N7O2/c1-2-26-16-5-3-13(4-6-16)17(25)22-11-15(12-22)23-9-14(20-21-23)10-24-18-7-8-19-24/h3-9,15H,2,10-12H2,1H3. The molecule has 0 aliphatic carbocycles. The zero-order valence-corrected chi connectivity index (χ0v) is 14.4. The molecule has 3 heterocycles. The SMILES string of the molecule is CCOc1ccc(C(=O)N2CC(n3cc(Cn4nccn4)nn3)C2)cc1. The molecule has 1 fully saturated rings. The van der Waals surface area contributed by atoms with E-state index in [1.807, 2.05) is 25.3 Å². The molecular weight excluding hydrogens is 334 g/mol. The molecule has 9 nitrogen and oxygen atoms in total. The quantitative estimate of drug-likeness (QED) is 0.657. The number of benzene rings is 1. The number of hydrogen-bond acceptors (Lipinski definition) is 6. The van der Waals surface area contributed by atoms with Crippen molar-refractivity contribution in [2.24, 2.45) is 0 Å². The van der Waals surface area contributed by atoms with Crippen molar-refractivity contribution < 1.29 is 9.53 Å². The first kappa shape index (κ1) is 16.2. The number of amides is 1. The Hall–Kier alpha value is -3.23. The van der Waals surface area contributed by atoms with Crippen LogP contribution in [0.25, 0.3) is 0 Å². The van der Waals surface area contributed by atoms with Crippen LogP contribution in [0, 0.1) is 0 Å². The van der Waals surface area contributed by atoms with Crippen molar-refractivity contribution in [1.29, 1.82) is 0 Å². The van der Waals surface area contributed by atoms with E-state index in [9.17, 15) is 4.79 Å². The summed E-state index contributed by atoms with van der Waals surface area (Å²) in [6.45, 7) is 4.26. The number of likely N-dealkylation sites (tertiary alicyclic amines) is 1. The van der Waals surface area contributed by atoms with Gasteiger partial charge in [0.25, 0.3) is 5.91 Å². The number of carbonyl (C=O) groups is 1. The van der Waals surface area contributed by atoms with Gasteiger partial charge in [0.15, 0.2) is 0 Å². The maximum atomic E-state index is 12.5. The summed E-state index contributed by atoms with van der Waals surface area (Å²) in [6, 6.07) is 7.38. The van der Waals surface area contributed by atoms with Gasteiger partial charge in [-0.15, -0.1) is 5.10 Å². The van der Waals surface area contributed by atoms with Gasteiger partial charge in [-0.1, -0.05) is 5.21 Å². The van der Waals surface area contributed by atoms with E-state index in [-0.39, 0.29) is 11.9 Å². The number of hydrogen-bond donors (Lipinski definition) is 0. The van der Waals surface area contributed by atoms with Crippen LogP contribution in [-0.4, -0.2) is 60.5 Å². The predicted molar refractivity (Wildman–Crippen MR) is 91.7 cm³/mol. The Labute approximate surface area is 150 Å². The maximum absolute atomic E-state index is 12.5. The number of aromatic nitrogens is 6. The molecule has 0 unspecified atom stereocenters. The van der Waals surface area contributed by atoms with Crippen molar-refractivity contribution >= 4 is 5.91 Å². The fourth-order valence-corrected chi connectivity index (χ4v) is 2.87. The predicted octanol–water partition coefficient (Wildman–Crippen LogP) is 1.01. The van der Waals surface area contributed by atoms with Gasteiger partial charge in [0.1, 0.15) is 18.0 Å². The number of rotatable bonds is 6. The second-order valence-corrected chi connectivity index (χ2v) is 6.07. The lowest BCUT2D eigenvalue weighted by molar-refractivity contribution is 0.0498.